The first-order valence-electron chi connectivity index (χ1n) is 5.48. The van der Waals surface area contributed by atoms with Gasteiger partial charge in [-0.2, -0.15) is 0 Å². The standard InChI is InChI=1S/C12H19BrN2/c1-4-6-9(2)11(14-3)12-10(13)7-5-8-15-12/h5,7-9,11,14H,4,6H2,1-3H3. The lowest BCUT2D eigenvalue weighted by Crippen LogP contribution is -2.24. The van der Waals surface area contributed by atoms with Gasteiger partial charge < -0.3 is 5.32 Å². The zero-order valence-corrected chi connectivity index (χ0v) is 11.2. The summed E-state index contributed by atoms with van der Waals surface area (Å²) in [4.78, 5) is 4.44. The van der Waals surface area contributed by atoms with Gasteiger partial charge in [-0.05, 0) is 47.4 Å². The van der Waals surface area contributed by atoms with Crippen molar-refractivity contribution in [3.63, 3.8) is 0 Å². The third-order valence-corrected chi connectivity index (χ3v) is 3.38. The van der Waals surface area contributed by atoms with E-state index in [9.17, 15) is 0 Å². The molecular weight excluding hydrogens is 252 g/mol. The van der Waals surface area contributed by atoms with Gasteiger partial charge in [0.25, 0.3) is 0 Å². The molecule has 0 aliphatic carbocycles. The molecule has 84 valence electrons. The normalized spacial score (nSPS) is 14.9. The van der Waals surface area contributed by atoms with Gasteiger partial charge in [-0.1, -0.05) is 20.3 Å². The van der Waals surface area contributed by atoms with E-state index >= 15 is 0 Å². The number of nitrogens with one attached hydrogen (secondary N) is 1. The Bertz CT molecular complexity index is 301. The van der Waals surface area contributed by atoms with Crippen LogP contribution in [0.5, 0.6) is 0 Å². The average Bonchev–Trinajstić information content (AvgIpc) is 2.22. The summed E-state index contributed by atoms with van der Waals surface area (Å²) in [5.74, 6) is 0.603. The third kappa shape index (κ3) is 3.28. The highest BCUT2D eigenvalue weighted by Crippen LogP contribution is 2.28. The molecule has 15 heavy (non-hydrogen) atoms. The van der Waals surface area contributed by atoms with E-state index < -0.39 is 0 Å². The lowest BCUT2D eigenvalue weighted by atomic mass is 9.94. The Morgan fingerprint density at radius 2 is 2.27 bits per heavy atom. The Hall–Kier alpha value is -0.410. The summed E-state index contributed by atoms with van der Waals surface area (Å²) in [6.07, 6.45) is 4.28. The minimum atomic E-state index is 0.334. The number of rotatable bonds is 5. The second-order valence-electron chi connectivity index (χ2n) is 3.90. The molecule has 2 nitrogen and oxygen atoms in total. The zero-order chi connectivity index (χ0) is 11.3. The monoisotopic (exact) mass is 270 g/mol. The number of halogens is 1. The van der Waals surface area contributed by atoms with Gasteiger partial charge in [-0.25, -0.2) is 0 Å². The fraction of sp³-hybridized carbons (Fsp3) is 0.583. The highest BCUT2D eigenvalue weighted by atomic mass is 79.9. The fourth-order valence-corrected chi connectivity index (χ4v) is 2.44. The molecule has 1 aromatic heterocycles. The maximum atomic E-state index is 4.44. The fourth-order valence-electron chi connectivity index (χ4n) is 1.94. The first-order chi connectivity index (χ1) is 7.20. The highest BCUT2D eigenvalue weighted by Gasteiger charge is 2.19. The van der Waals surface area contributed by atoms with Crippen molar-refractivity contribution < 1.29 is 0 Å². The van der Waals surface area contributed by atoms with E-state index in [4.69, 9.17) is 0 Å². The maximum Gasteiger partial charge on any atom is 0.0717 e. The summed E-state index contributed by atoms with van der Waals surface area (Å²) in [7, 11) is 2.00. The minimum absolute atomic E-state index is 0.334. The molecule has 2 unspecified atom stereocenters. The molecule has 1 aromatic rings. The van der Waals surface area contributed by atoms with Crippen LogP contribution in [0.15, 0.2) is 22.8 Å². The molecule has 0 aliphatic heterocycles. The van der Waals surface area contributed by atoms with Crippen LogP contribution < -0.4 is 5.32 Å². The van der Waals surface area contributed by atoms with Crippen molar-refractivity contribution in [2.24, 2.45) is 5.92 Å². The molecule has 1 rings (SSSR count). The van der Waals surface area contributed by atoms with Crippen LogP contribution in [0.4, 0.5) is 0 Å². The Kier molecular flexibility index (Phi) is 5.26. The van der Waals surface area contributed by atoms with Crippen molar-refractivity contribution in [2.45, 2.75) is 32.7 Å². The summed E-state index contributed by atoms with van der Waals surface area (Å²) < 4.78 is 1.09. The summed E-state index contributed by atoms with van der Waals surface area (Å²) in [6.45, 7) is 4.49. The lowest BCUT2D eigenvalue weighted by Gasteiger charge is -2.23. The molecule has 2 atom stereocenters. The first-order valence-corrected chi connectivity index (χ1v) is 6.27. The van der Waals surface area contributed by atoms with Crippen LogP contribution in [0.25, 0.3) is 0 Å². The predicted molar refractivity (Wildman–Crippen MR) is 67.8 cm³/mol. The molecule has 0 fully saturated rings. The van der Waals surface area contributed by atoms with Crippen molar-refractivity contribution in [1.29, 1.82) is 0 Å². The molecule has 1 N–H and O–H groups in total. The summed E-state index contributed by atoms with van der Waals surface area (Å²) in [5.41, 5.74) is 1.11. The van der Waals surface area contributed by atoms with E-state index in [-0.39, 0.29) is 0 Å². The Balaban J connectivity index is 2.87. The summed E-state index contributed by atoms with van der Waals surface area (Å²) in [5, 5.41) is 3.35. The van der Waals surface area contributed by atoms with Crippen LogP contribution in [0.1, 0.15) is 38.4 Å². The van der Waals surface area contributed by atoms with E-state index in [0.29, 0.717) is 12.0 Å². The second kappa shape index (κ2) is 6.23. The van der Waals surface area contributed by atoms with Crippen molar-refractivity contribution in [3.8, 4) is 0 Å². The van der Waals surface area contributed by atoms with E-state index in [1.165, 1.54) is 12.8 Å². The van der Waals surface area contributed by atoms with Gasteiger partial charge in [0.2, 0.25) is 0 Å². The number of hydrogen-bond acceptors (Lipinski definition) is 2. The molecule has 0 spiro atoms. The summed E-state index contributed by atoms with van der Waals surface area (Å²) in [6, 6.07) is 4.33. The molecule has 0 aromatic carbocycles. The highest BCUT2D eigenvalue weighted by molar-refractivity contribution is 9.10. The quantitative estimate of drug-likeness (QED) is 0.886. The van der Waals surface area contributed by atoms with E-state index in [1.54, 1.807) is 0 Å². The topological polar surface area (TPSA) is 24.9 Å². The van der Waals surface area contributed by atoms with Crippen LogP contribution >= 0.6 is 15.9 Å². The Morgan fingerprint density at radius 3 is 2.80 bits per heavy atom. The molecular formula is C12H19BrN2. The van der Waals surface area contributed by atoms with Crippen LogP contribution in [-0.4, -0.2) is 12.0 Å². The minimum Gasteiger partial charge on any atom is -0.311 e. The van der Waals surface area contributed by atoms with Gasteiger partial charge in [0.05, 0.1) is 11.7 Å². The molecule has 0 saturated heterocycles. The number of hydrogen-bond donors (Lipinski definition) is 1. The largest absolute Gasteiger partial charge is 0.311 e. The molecule has 0 aliphatic rings. The average molecular weight is 271 g/mol. The molecule has 0 radical (unpaired) electrons. The van der Waals surface area contributed by atoms with Gasteiger partial charge in [0.1, 0.15) is 0 Å². The number of pyridine rings is 1. The lowest BCUT2D eigenvalue weighted by molar-refractivity contribution is 0.376. The number of aromatic nitrogens is 1. The van der Waals surface area contributed by atoms with Crippen LogP contribution in [0.3, 0.4) is 0 Å². The van der Waals surface area contributed by atoms with Gasteiger partial charge >= 0.3 is 0 Å². The molecule has 3 heteroatoms. The smallest absolute Gasteiger partial charge is 0.0717 e. The molecule has 1 heterocycles. The van der Waals surface area contributed by atoms with Gasteiger partial charge in [-0.15, -0.1) is 0 Å². The van der Waals surface area contributed by atoms with E-state index in [1.807, 2.05) is 25.4 Å². The van der Waals surface area contributed by atoms with Crippen molar-refractivity contribution >= 4 is 15.9 Å². The van der Waals surface area contributed by atoms with Crippen molar-refractivity contribution in [3.05, 3.63) is 28.5 Å². The second-order valence-corrected chi connectivity index (χ2v) is 4.76. The van der Waals surface area contributed by atoms with E-state index in [0.717, 1.165) is 10.2 Å². The van der Waals surface area contributed by atoms with Crippen LogP contribution in [0, 0.1) is 5.92 Å². The van der Waals surface area contributed by atoms with Crippen LogP contribution in [-0.2, 0) is 0 Å². The predicted octanol–water partition coefficient (Wildman–Crippen LogP) is 3.54. The van der Waals surface area contributed by atoms with Crippen molar-refractivity contribution in [1.82, 2.24) is 10.3 Å². The van der Waals surface area contributed by atoms with E-state index in [2.05, 4.69) is 40.1 Å². The summed E-state index contributed by atoms with van der Waals surface area (Å²) >= 11 is 3.55. The van der Waals surface area contributed by atoms with Gasteiger partial charge in [0, 0.05) is 10.7 Å². The molecule has 0 amide bonds. The Labute approximate surface area is 101 Å². The van der Waals surface area contributed by atoms with Gasteiger partial charge in [0.15, 0.2) is 0 Å². The molecule has 0 bridgehead atoms. The Morgan fingerprint density at radius 1 is 1.53 bits per heavy atom. The number of nitrogens with zero attached hydrogens (tertiary/aromatic N) is 1. The van der Waals surface area contributed by atoms with Crippen molar-refractivity contribution in [2.75, 3.05) is 7.05 Å². The molecule has 0 saturated carbocycles. The SMILES string of the molecule is CCCC(C)C(NC)c1ncccc1Br. The zero-order valence-electron chi connectivity index (χ0n) is 9.63. The van der Waals surface area contributed by atoms with Gasteiger partial charge in [-0.3, -0.25) is 4.98 Å². The maximum absolute atomic E-state index is 4.44. The first kappa shape index (κ1) is 12.7. The third-order valence-electron chi connectivity index (χ3n) is 2.71. The van der Waals surface area contributed by atoms with Crippen LogP contribution in [0.2, 0.25) is 0 Å².